The fourth-order valence-corrected chi connectivity index (χ4v) is 2.06. The molecule has 18 heavy (non-hydrogen) atoms. The zero-order valence-corrected chi connectivity index (χ0v) is 11.3. The van der Waals surface area contributed by atoms with Gasteiger partial charge in [-0.1, -0.05) is 35.4 Å². The molecule has 0 atom stereocenters. The number of aryl methyl sites for hydroxylation is 1. The van der Waals surface area contributed by atoms with Crippen LogP contribution in [0.15, 0.2) is 42.5 Å². The van der Waals surface area contributed by atoms with Gasteiger partial charge >= 0.3 is 0 Å². The standard InChI is InChI=1S/C15H16ClNO/c1-11-3-7-14(8-4-11)17(2)15-9-13(16)6-5-12(15)10-18/h3-9,18H,10H2,1-2H3. The summed E-state index contributed by atoms with van der Waals surface area (Å²) in [6.07, 6.45) is 0. The molecule has 0 unspecified atom stereocenters. The summed E-state index contributed by atoms with van der Waals surface area (Å²) in [5.74, 6) is 0. The van der Waals surface area contributed by atoms with Crippen molar-refractivity contribution in [2.75, 3.05) is 11.9 Å². The molecule has 2 rings (SSSR count). The third-order valence-corrected chi connectivity index (χ3v) is 3.24. The van der Waals surface area contributed by atoms with Crippen LogP contribution >= 0.6 is 11.6 Å². The lowest BCUT2D eigenvalue weighted by Crippen LogP contribution is -2.11. The summed E-state index contributed by atoms with van der Waals surface area (Å²) in [5, 5.41) is 10.0. The van der Waals surface area contributed by atoms with Crippen molar-refractivity contribution >= 4 is 23.0 Å². The van der Waals surface area contributed by atoms with Crippen LogP contribution < -0.4 is 4.90 Å². The maximum atomic E-state index is 9.38. The first kappa shape index (κ1) is 12.9. The average Bonchev–Trinajstić information content (AvgIpc) is 2.39. The first-order valence-electron chi connectivity index (χ1n) is 5.81. The van der Waals surface area contributed by atoms with Crippen molar-refractivity contribution in [2.24, 2.45) is 0 Å². The molecule has 0 aromatic heterocycles. The highest BCUT2D eigenvalue weighted by molar-refractivity contribution is 6.30. The molecule has 0 saturated heterocycles. The molecule has 0 bridgehead atoms. The Morgan fingerprint density at radius 1 is 1.11 bits per heavy atom. The van der Waals surface area contributed by atoms with Crippen molar-refractivity contribution < 1.29 is 5.11 Å². The predicted molar refractivity (Wildman–Crippen MR) is 76.6 cm³/mol. The van der Waals surface area contributed by atoms with Gasteiger partial charge in [0, 0.05) is 29.0 Å². The topological polar surface area (TPSA) is 23.5 Å². The van der Waals surface area contributed by atoms with Crippen LogP contribution in [0.2, 0.25) is 5.02 Å². The van der Waals surface area contributed by atoms with Crippen LogP contribution in [0.4, 0.5) is 11.4 Å². The van der Waals surface area contributed by atoms with E-state index in [1.807, 2.05) is 24.1 Å². The first-order valence-corrected chi connectivity index (χ1v) is 6.19. The fraction of sp³-hybridized carbons (Fsp3) is 0.200. The number of aliphatic hydroxyl groups is 1. The van der Waals surface area contributed by atoms with Crippen molar-refractivity contribution in [3.8, 4) is 0 Å². The molecule has 3 heteroatoms. The smallest absolute Gasteiger partial charge is 0.0702 e. The van der Waals surface area contributed by atoms with Crippen LogP contribution in [-0.2, 0) is 6.61 Å². The monoisotopic (exact) mass is 261 g/mol. The van der Waals surface area contributed by atoms with E-state index in [-0.39, 0.29) is 6.61 Å². The van der Waals surface area contributed by atoms with E-state index in [2.05, 4.69) is 31.2 Å². The van der Waals surface area contributed by atoms with E-state index in [9.17, 15) is 5.11 Å². The van der Waals surface area contributed by atoms with Gasteiger partial charge < -0.3 is 10.0 Å². The lowest BCUT2D eigenvalue weighted by Gasteiger charge is -2.22. The van der Waals surface area contributed by atoms with Gasteiger partial charge in [-0.2, -0.15) is 0 Å². The highest BCUT2D eigenvalue weighted by atomic mass is 35.5. The summed E-state index contributed by atoms with van der Waals surface area (Å²) in [4.78, 5) is 2.02. The minimum Gasteiger partial charge on any atom is -0.392 e. The quantitative estimate of drug-likeness (QED) is 0.906. The van der Waals surface area contributed by atoms with Gasteiger partial charge in [-0.15, -0.1) is 0 Å². The maximum absolute atomic E-state index is 9.38. The molecule has 0 aliphatic heterocycles. The fourth-order valence-electron chi connectivity index (χ4n) is 1.89. The van der Waals surface area contributed by atoms with Crippen LogP contribution in [-0.4, -0.2) is 12.2 Å². The number of benzene rings is 2. The van der Waals surface area contributed by atoms with E-state index in [1.165, 1.54) is 5.56 Å². The van der Waals surface area contributed by atoms with Crippen LogP contribution in [0.5, 0.6) is 0 Å². The highest BCUT2D eigenvalue weighted by Crippen LogP contribution is 2.29. The second kappa shape index (κ2) is 5.42. The summed E-state index contributed by atoms with van der Waals surface area (Å²) in [7, 11) is 1.97. The molecule has 0 radical (unpaired) electrons. The summed E-state index contributed by atoms with van der Waals surface area (Å²) >= 11 is 6.02. The normalized spacial score (nSPS) is 10.4. The molecule has 0 heterocycles. The van der Waals surface area contributed by atoms with Gasteiger partial charge in [0.1, 0.15) is 0 Å². The van der Waals surface area contributed by atoms with Crippen molar-refractivity contribution in [2.45, 2.75) is 13.5 Å². The van der Waals surface area contributed by atoms with E-state index >= 15 is 0 Å². The Labute approximate surface area is 112 Å². The molecular weight excluding hydrogens is 246 g/mol. The number of halogens is 1. The summed E-state index contributed by atoms with van der Waals surface area (Å²) in [5.41, 5.74) is 4.08. The summed E-state index contributed by atoms with van der Waals surface area (Å²) in [6.45, 7) is 2.06. The van der Waals surface area contributed by atoms with Crippen molar-refractivity contribution in [3.05, 3.63) is 58.6 Å². The maximum Gasteiger partial charge on any atom is 0.0702 e. The van der Waals surface area contributed by atoms with Crippen LogP contribution in [0.3, 0.4) is 0 Å². The van der Waals surface area contributed by atoms with Gasteiger partial charge in [0.25, 0.3) is 0 Å². The van der Waals surface area contributed by atoms with Gasteiger partial charge in [-0.05, 0) is 31.2 Å². The largest absolute Gasteiger partial charge is 0.392 e. The zero-order chi connectivity index (χ0) is 13.1. The van der Waals surface area contributed by atoms with Crippen LogP contribution in [0, 0.1) is 6.92 Å². The second-order valence-electron chi connectivity index (χ2n) is 4.33. The van der Waals surface area contributed by atoms with Crippen LogP contribution in [0.1, 0.15) is 11.1 Å². The van der Waals surface area contributed by atoms with Crippen LogP contribution in [0.25, 0.3) is 0 Å². The Hall–Kier alpha value is -1.51. The zero-order valence-electron chi connectivity index (χ0n) is 10.5. The van der Waals surface area contributed by atoms with Gasteiger partial charge in [0.15, 0.2) is 0 Å². The predicted octanol–water partition coefficient (Wildman–Crippen LogP) is 3.91. The summed E-state index contributed by atoms with van der Waals surface area (Å²) < 4.78 is 0. The van der Waals surface area contributed by atoms with Gasteiger partial charge in [-0.25, -0.2) is 0 Å². The molecule has 0 saturated carbocycles. The third-order valence-electron chi connectivity index (χ3n) is 3.00. The number of rotatable bonds is 3. The Morgan fingerprint density at radius 2 is 1.78 bits per heavy atom. The SMILES string of the molecule is Cc1ccc(N(C)c2cc(Cl)ccc2CO)cc1. The molecule has 2 aromatic rings. The van der Waals surface area contributed by atoms with E-state index in [1.54, 1.807) is 6.07 Å². The Bertz CT molecular complexity index is 537. The van der Waals surface area contributed by atoms with Crippen molar-refractivity contribution in [3.63, 3.8) is 0 Å². The Morgan fingerprint density at radius 3 is 2.39 bits per heavy atom. The lowest BCUT2D eigenvalue weighted by atomic mass is 10.1. The molecule has 0 aliphatic rings. The molecule has 0 aliphatic carbocycles. The van der Waals surface area contributed by atoms with E-state index < -0.39 is 0 Å². The highest BCUT2D eigenvalue weighted by Gasteiger charge is 2.09. The number of aliphatic hydroxyl groups excluding tert-OH is 1. The number of anilines is 2. The first-order chi connectivity index (χ1) is 8.61. The molecule has 2 nitrogen and oxygen atoms in total. The minimum atomic E-state index is 0.00268. The molecular formula is C15H16ClNO. The number of nitrogens with zero attached hydrogens (tertiary/aromatic N) is 1. The van der Waals surface area contributed by atoms with Gasteiger partial charge in [0.05, 0.1) is 6.61 Å². The molecule has 1 N–H and O–H groups in total. The summed E-state index contributed by atoms with van der Waals surface area (Å²) in [6, 6.07) is 13.7. The average molecular weight is 262 g/mol. The molecule has 0 amide bonds. The second-order valence-corrected chi connectivity index (χ2v) is 4.76. The van der Waals surface area contributed by atoms with Gasteiger partial charge in [-0.3, -0.25) is 0 Å². The Balaban J connectivity index is 2.41. The number of hydrogen-bond donors (Lipinski definition) is 1. The molecule has 94 valence electrons. The molecule has 0 fully saturated rings. The Kier molecular flexibility index (Phi) is 3.90. The minimum absolute atomic E-state index is 0.00268. The number of hydrogen-bond acceptors (Lipinski definition) is 2. The third kappa shape index (κ3) is 2.66. The lowest BCUT2D eigenvalue weighted by molar-refractivity contribution is 0.282. The van der Waals surface area contributed by atoms with Gasteiger partial charge in [0.2, 0.25) is 0 Å². The van der Waals surface area contributed by atoms with E-state index in [0.29, 0.717) is 5.02 Å². The molecule has 0 spiro atoms. The van der Waals surface area contributed by atoms with E-state index in [4.69, 9.17) is 11.6 Å². The van der Waals surface area contributed by atoms with Crippen molar-refractivity contribution in [1.29, 1.82) is 0 Å². The van der Waals surface area contributed by atoms with Crippen molar-refractivity contribution in [1.82, 2.24) is 0 Å². The molecule has 2 aromatic carbocycles. The van der Waals surface area contributed by atoms with E-state index in [0.717, 1.165) is 16.9 Å².